The Morgan fingerprint density at radius 3 is 2.75 bits per heavy atom. The molecule has 1 unspecified atom stereocenters. The molecule has 0 saturated carbocycles. The monoisotopic (exact) mass is 220 g/mol. The summed E-state index contributed by atoms with van der Waals surface area (Å²) in [5, 5.41) is 10.1. The van der Waals surface area contributed by atoms with Crippen LogP contribution in [0.5, 0.6) is 11.5 Å². The topological polar surface area (TPSA) is 29.5 Å². The highest BCUT2D eigenvalue weighted by Gasteiger charge is 2.15. The molecule has 1 N–H and O–H groups in total. The van der Waals surface area contributed by atoms with Crippen LogP contribution in [0.3, 0.4) is 0 Å². The lowest BCUT2D eigenvalue weighted by molar-refractivity contribution is 0.366. The molecule has 0 radical (unpaired) electrons. The van der Waals surface area contributed by atoms with Gasteiger partial charge in [-0.05, 0) is 31.2 Å². The Labute approximate surface area is 97.6 Å². The second-order valence-electron chi connectivity index (χ2n) is 4.12. The lowest BCUT2D eigenvalue weighted by Gasteiger charge is -2.16. The van der Waals surface area contributed by atoms with Crippen LogP contribution in [0, 0.1) is 6.92 Å². The predicted molar refractivity (Wildman–Crippen MR) is 67.2 cm³/mol. The smallest absolute Gasteiger partial charge is 0.163 e. The first-order valence-corrected chi connectivity index (χ1v) is 5.59. The van der Waals surface area contributed by atoms with Crippen LogP contribution in [0.4, 0.5) is 0 Å². The van der Waals surface area contributed by atoms with Gasteiger partial charge in [0.2, 0.25) is 0 Å². The second kappa shape index (κ2) is 5.59. The molecule has 0 aliphatic carbocycles. The molecule has 1 aromatic rings. The van der Waals surface area contributed by atoms with E-state index in [0.29, 0.717) is 11.7 Å². The van der Waals surface area contributed by atoms with E-state index in [2.05, 4.69) is 13.5 Å². The molecule has 16 heavy (non-hydrogen) atoms. The minimum atomic E-state index is 0.277. The number of hydrogen-bond donors (Lipinski definition) is 1. The molecular weight excluding hydrogens is 200 g/mol. The van der Waals surface area contributed by atoms with E-state index in [0.717, 1.165) is 24.0 Å². The third-order valence-corrected chi connectivity index (χ3v) is 2.90. The van der Waals surface area contributed by atoms with Crippen molar-refractivity contribution in [2.45, 2.75) is 32.6 Å². The number of aryl methyl sites for hydroxylation is 1. The van der Waals surface area contributed by atoms with Crippen LogP contribution in [0.1, 0.15) is 36.8 Å². The highest BCUT2D eigenvalue weighted by Crippen LogP contribution is 2.38. The van der Waals surface area contributed by atoms with Gasteiger partial charge in [-0.15, -0.1) is 6.58 Å². The third-order valence-electron chi connectivity index (χ3n) is 2.90. The van der Waals surface area contributed by atoms with E-state index >= 15 is 0 Å². The predicted octanol–water partition coefficient (Wildman–Crippen LogP) is 3.78. The number of allylic oxidation sites excluding steroid dienone is 1. The summed E-state index contributed by atoms with van der Waals surface area (Å²) in [7, 11) is 1.58. The highest BCUT2D eigenvalue weighted by atomic mass is 16.5. The first kappa shape index (κ1) is 12.6. The summed E-state index contributed by atoms with van der Waals surface area (Å²) in [6, 6.07) is 3.96. The van der Waals surface area contributed by atoms with Crippen LogP contribution >= 0.6 is 0 Å². The van der Waals surface area contributed by atoms with Crippen molar-refractivity contribution < 1.29 is 9.84 Å². The Hall–Kier alpha value is -1.44. The minimum absolute atomic E-state index is 0.277. The molecular formula is C14H20O2. The normalized spacial score (nSPS) is 12.2. The summed E-state index contributed by atoms with van der Waals surface area (Å²) in [4.78, 5) is 0. The largest absolute Gasteiger partial charge is 0.504 e. The fourth-order valence-electron chi connectivity index (χ4n) is 1.87. The van der Waals surface area contributed by atoms with E-state index in [-0.39, 0.29) is 5.75 Å². The van der Waals surface area contributed by atoms with Gasteiger partial charge in [-0.2, -0.15) is 0 Å². The first-order valence-electron chi connectivity index (χ1n) is 5.59. The van der Waals surface area contributed by atoms with Gasteiger partial charge in [0.25, 0.3) is 0 Å². The summed E-state index contributed by atoms with van der Waals surface area (Å²) in [5.41, 5.74) is 1.91. The molecule has 0 spiro atoms. The number of benzene rings is 1. The van der Waals surface area contributed by atoms with Crippen molar-refractivity contribution in [3.63, 3.8) is 0 Å². The van der Waals surface area contributed by atoms with Gasteiger partial charge in [-0.1, -0.05) is 25.1 Å². The van der Waals surface area contributed by atoms with Gasteiger partial charge in [0.15, 0.2) is 11.5 Å². The molecule has 1 aromatic carbocycles. The second-order valence-corrected chi connectivity index (χ2v) is 4.12. The Balaban J connectivity index is 3.00. The minimum Gasteiger partial charge on any atom is -0.504 e. The molecule has 0 aromatic heterocycles. The number of rotatable bonds is 5. The fraction of sp³-hybridized carbons (Fsp3) is 0.429. The maximum absolute atomic E-state index is 10.1. The van der Waals surface area contributed by atoms with Crippen molar-refractivity contribution in [3.8, 4) is 11.5 Å². The van der Waals surface area contributed by atoms with Crippen LogP contribution in [-0.4, -0.2) is 12.2 Å². The summed E-state index contributed by atoms with van der Waals surface area (Å²) in [5.74, 6) is 1.18. The molecule has 2 nitrogen and oxygen atoms in total. The average Bonchev–Trinajstić information content (AvgIpc) is 2.26. The van der Waals surface area contributed by atoms with Crippen LogP contribution in [0.25, 0.3) is 0 Å². The molecule has 0 aliphatic heterocycles. The van der Waals surface area contributed by atoms with Gasteiger partial charge in [0, 0.05) is 5.56 Å². The van der Waals surface area contributed by atoms with Crippen molar-refractivity contribution >= 4 is 0 Å². The summed E-state index contributed by atoms with van der Waals surface area (Å²) < 4.78 is 5.20. The Bertz CT molecular complexity index is 369. The zero-order valence-corrected chi connectivity index (χ0v) is 10.3. The molecule has 88 valence electrons. The van der Waals surface area contributed by atoms with E-state index < -0.39 is 0 Å². The SMILES string of the molecule is C=CCCC(C)c1ccc(C)c(OC)c1O. The quantitative estimate of drug-likeness (QED) is 0.765. The number of phenolic OH excluding ortho intramolecular Hbond substituents is 1. The van der Waals surface area contributed by atoms with Crippen molar-refractivity contribution in [1.29, 1.82) is 0 Å². The average molecular weight is 220 g/mol. The van der Waals surface area contributed by atoms with E-state index in [9.17, 15) is 5.11 Å². The Morgan fingerprint density at radius 1 is 1.50 bits per heavy atom. The van der Waals surface area contributed by atoms with Gasteiger partial charge >= 0.3 is 0 Å². The molecule has 0 heterocycles. The summed E-state index contributed by atoms with van der Waals surface area (Å²) in [6.45, 7) is 7.74. The summed E-state index contributed by atoms with van der Waals surface area (Å²) in [6.07, 6.45) is 3.85. The van der Waals surface area contributed by atoms with E-state index in [1.54, 1.807) is 7.11 Å². The van der Waals surface area contributed by atoms with Gasteiger partial charge < -0.3 is 9.84 Å². The number of methoxy groups -OCH3 is 1. The van der Waals surface area contributed by atoms with Gasteiger partial charge in [0.05, 0.1) is 7.11 Å². The van der Waals surface area contributed by atoms with Gasteiger partial charge in [-0.3, -0.25) is 0 Å². The fourth-order valence-corrected chi connectivity index (χ4v) is 1.87. The van der Waals surface area contributed by atoms with Crippen molar-refractivity contribution in [2.75, 3.05) is 7.11 Å². The Morgan fingerprint density at radius 2 is 2.19 bits per heavy atom. The molecule has 0 amide bonds. The first-order chi connectivity index (χ1) is 7.61. The molecule has 1 atom stereocenters. The Kier molecular flexibility index (Phi) is 4.41. The maximum Gasteiger partial charge on any atom is 0.163 e. The van der Waals surface area contributed by atoms with E-state index in [1.165, 1.54) is 0 Å². The molecule has 1 rings (SSSR count). The van der Waals surface area contributed by atoms with Crippen LogP contribution < -0.4 is 4.74 Å². The van der Waals surface area contributed by atoms with Crippen LogP contribution in [0.15, 0.2) is 24.8 Å². The molecule has 0 saturated heterocycles. The highest BCUT2D eigenvalue weighted by molar-refractivity contribution is 5.51. The third kappa shape index (κ3) is 2.57. The molecule has 0 fully saturated rings. The van der Waals surface area contributed by atoms with Crippen LogP contribution in [-0.2, 0) is 0 Å². The zero-order chi connectivity index (χ0) is 12.1. The lowest BCUT2D eigenvalue weighted by atomic mass is 9.94. The molecule has 0 aliphatic rings. The zero-order valence-electron chi connectivity index (χ0n) is 10.3. The van der Waals surface area contributed by atoms with E-state index in [4.69, 9.17) is 4.74 Å². The van der Waals surface area contributed by atoms with Gasteiger partial charge in [-0.25, -0.2) is 0 Å². The standard InChI is InChI=1S/C14H20O2/c1-5-6-7-10(2)12-9-8-11(3)14(16-4)13(12)15/h5,8-10,15H,1,6-7H2,2-4H3. The number of phenols is 1. The molecule has 2 heteroatoms. The van der Waals surface area contributed by atoms with Crippen molar-refractivity contribution in [1.82, 2.24) is 0 Å². The van der Waals surface area contributed by atoms with Gasteiger partial charge in [0.1, 0.15) is 0 Å². The number of hydrogen-bond acceptors (Lipinski definition) is 2. The van der Waals surface area contributed by atoms with Crippen molar-refractivity contribution in [2.24, 2.45) is 0 Å². The maximum atomic E-state index is 10.1. The lowest BCUT2D eigenvalue weighted by Crippen LogP contribution is -1.97. The molecule has 0 bridgehead atoms. The summed E-state index contributed by atoms with van der Waals surface area (Å²) >= 11 is 0. The number of ether oxygens (including phenoxy) is 1. The van der Waals surface area contributed by atoms with E-state index in [1.807, 2.05) is 25.1 Å². The van der Waals surface area contributed by atoms with Crippen LogP contribution in [0.2, 0.25) is 0 Å². The van der Waals surface area contributed by atoms with Crippen molar-refractivity contribution in [3.05, 3.63) is 35.9 Å². The number of aromatic hydroxyl groups is 1.